The van der Waals surface area contributed by atoms with Crippen molar-refractivity contribution in [2.45, 2.75) is 6.54 Å². The number of hydrogen-bond acceptors (Lipinski definition) is 6. The molecule has 0 unspecified atom stereocenters. The standard InChI is InChI=1S/C26H17NO6/c28-23(18-8-7-16-4-1-2-5-17(16)12-18)15-33-26(31)19-9-10-21-22(13-19)25(30)27(24(21)29)14-20-6-3-11-32-20/h1-13H,14-15H2. The molecule has 1 aliphatic rings. The van der Waals surface area contributed by atoms with Gasteiger partial charge in [0, 0.05) is 5.56 Å². The number of carbonyl (C=O) groups excluding carboxylic acids is 4. The molecule has 0 atom stereocenters. The van der Waals surface area contributed by atoms with Crippen LogP contribution in [0.25, 0.3) is 10.8 Å². The number of Topliss-reactive ketones (excluding diaryl/α,β-unsaturated/α-hetero) is 1. The molecule has 162 valence electrons. The van der Waals surface area contributed by atoms with Crippen molar-refractivity contribution in [1.82, 2.24) is 4.90 Å². The van der Waals surface area contributed by atoms with Crippen LogP contribution < -0.4 is 0 Å². The summed E-state index contributed by atoms with van der Waals surface area (Å²) in [6.45, 7) is -0.439. The lowest BCUT2D eigenvalue weighted by Gasteiger charge is -2.11. The first-order valence-corrected chi connectivity index (χ1v) is 10.2. The first-order valence-electron chi connectivity index (χ1n) is 10.2. The average molecular weight is 439 g/mol. The highest BCUT2D eigenvalue weighted by Gasteiger charge is 2.36. The summed E-state index contributed by atoms with van der Waals surface area (Å²) in [5, 5.41) is 1.92. The van der Waals surface area contributed by atoms with Gasteiger partial charge in [0.25, 0.3) is 11.8 Å². The third-order valence-electron chi connectivity index (χ3n) is 5.51. The molecular formula is C26H17NO6. The summed E-state index contributed by atoms with van der Waals surface area (Å²) in [5.41, 5.74) is 0.836. The molecule has 3 aromatic carbocycles. The van der Waals surface area contributed by atoms with Crippen LogP contribution in [-0.4, -0.2) is 35.1 Å². The van der Waals surface area contributed by atoms with Crippen LogP contribution in [-0.2, 0) is 11.3 Å². The van der Waals surface area contributed by atoms with E-state index in [2.05, 4.69) is 0 Å². The summed E-state index contributed by atoms with van der Waals surface area (Å²) in [6.07, 6.45) is 1.46. The van der Waals surface area contributed by atoms with Gasteiger partial charge in [-0.05, 0) is 47.2 Å². The van der Waals surface area contributed by atoms with Crippen molar-refractivity contribution in [1.29, 1.82) is 0 Å². The molecule has 1 aromatic heterocycles. The summed E-state index contributed by atoms with van der Waals surface area (Å²) in [5.74, 6) is -1.61. The molecule has 0 N–H and O–H groups in total. The normalized spacial score (nSPS) is 12.8. The van der Waals surface area contributed by atoms with Crippen LogP contribution in [0.15, 0.2) is 83.5 Å². The average Bonchev–Trinajstić information content (AvgIpc) is 3.44. The second-order valence-corrected chi connectivity index (χ2v) is 7.60. The highest BCUT2D eigenvalue weighted by Crippen LogP contribution is 2.26. The van der Waals surface area contributed by atoms with E-state index >= 15 is 0 Å². The van der Waals surface area contributed by atoms with Crippen molar-refractivity contribution in [3.8, 4) is 0 Å². The fourth-order valence-corrected chi connectivity index (χ4v) is 3.78. The topological polar surface area (TPSA) is 93.9 Å². The number of rotatable bonds is 6. The summed E-state index contributed by atoms with van der Waals surface area (Å²) in [4.78, 5) is 51.4. The molecule has 0 spiro atoms. The van der Waals surface area contributed by atoms with E-state index in [1.807, 2.05) is 30.3 Å². The number of carbonyl (C=O) groups is 4. The molecule has 7 nitrogen and oxygen atoms in total. The van der Waals surface area contributed by atoms with Gasteiger partial charge in [-0.3, -0.25) is 19.3 Å². The van der Waals surface area contributed by atoms with Gasteiger partial charge in [-0.15, -0.1) is 0 Å². The fourth-order valence-electron chi connectivity index (χ4n) is 3.78. The molecule has 0 bridgehead atoms. The van der Waals surface area contributed by atoms with E-state index in [4.69, 9.17) is 9.15 Å². The van der Waals surface area contributed by atoms with Gasteiger partial charge in [0.2, 0.25) is 0 Å². The molecule has 4 aromatic rings. The molecule has 0 fully saturated rings. The van der Waals surface area contributed by atoms with Crippen LogP contribution in [0.2, 0.25) is 0 Å². The second kappa shape index (κ2) is 8.20. The van der Waals surface area contributed by atoms with E-state index in [9.17, 15) is 19.2 Å². The zero-order chi connectivity index (χ0) is 22.9. The minimum absolute atomic E-state index is 0.000609. The van der Waals surface area contributed by atoms with Crippen LogP contribution in [0, 0.1) is 0 Å². The maximum atomic E-state index is 12.7. The Morgan fingerprint density at radius 3 is 2.33 bits per heavy atom. The number of ketones is 1. The minimum Gasteiger partial charge on any atom is -0.467 e. The molecule has 0 aliphatic carbocycles. The highest BCUT2D eigenvalue weighted by atomic mass is 16.5. The molecule has 2 heterocycles. The largest absolute Gasteiger partial charge is 0.467 e. The molecular weight excluding hydrogens is 422 g/mol. The molecule has 0 saturated heterocycles. The number of esters is 1. The third kappa shape index (κ3) is 3.80. The van der Waals surface area contributed by atoms with Gasteiger partial charge < -0.3 is 9.15 Å². The van der Waals surface area contributed by atoms with Crippen LogP contribution in [0.4, 0.5) is 0 Å². The highest BCUT2D eigenvalue weighted by molar-refractivity contribution is 6.21. The first kappa shape index (κ1) is 20.4. The SMILES string of the molecule is O=C(COC(=O)c1ccc2c(c1)C(=O)N(Cc1ccco1)C2=O)c1ccc2ccccc2c1. The first-order chi connectivity index (χ1) is 16.0. The number of ether oxygens (including phenoxy) is 1. The lowest BCUT2D eigenvalue weighted by atomic mass is 10.0. The molecule has 2 amide bonds. The van der Waals surface area contributed by atoms with Gasteiger partial charge in [-0.25, -0.2) is 4.79 Å². The Balaban J connectivity index is 1.28. The van der Waals surface area contributed by atoms with Crippen LogP contribution in [0.3, 0.4) is 0 Å². The Morgan fingerprint density at radius 2 is 1.55 bits per heavy atom. The molecule has 7 heteroatoms. The van der Waals surface area contributed by atoms with Crippen molar-refractivity contribution in [3.05, 3.63) is 107 Å². The summed E-state index contributed by atoms with van der Waals surface area (Å²) < 4.78 is 10.4. The van der Waals surface area contributed by atoms with Crippen molar-refractivity contribution in [3.63, 3.8) is 0 Å². The van der Waals surface area contributed by atoms with E-state index in [0.29, 0.717) is 11.3 Å². The van der Waals surface area contributed by atoms with Gasteiger partial charge in [0.1, 0.15) is 5.76 Å². The maximum Gasteiger partial charge on any atom is 0.338 e. The molecule has 0 radical (unpaired) electrons. The number of amides is 2. The maximum absolute atomic E-state index is 12.7. The minimum atomic E-state index is -0.753. The zero-order valence-electron chi connectivity index (χ0n) is 17.3. The Kier molecular flexibility index (Phi) is 5.06. The van der Waals surface area contributed by atoms with Crippen LogP contribution >= 0.6 is 0 Å². The van der Waals surface area contributed by atoms with Crippen molar-refractivity contribution in [2.24, 2.45) is 0 Å². The summed E-state index contributed by atoms with van der Waals surface area (Å²) in [6, 6.07) is 20.4. The number of hydrogen-bond donors (Lipinski definition) is 0. The van der Waals surface area contributed by atoms with E-state index in [1.54, 1.807) is 24.3 Å². The van der Waals surface area contributed by atoms with Gasteiger partial charge >= 0.3 is 5.97 Å². The van der Waals surface area contributed by atoms with Crippen molar-refractivity contribution >= 4 is 34.3 Å². The van der Waals surface area contributed by atoms with E-state index in [-0.39, 0.29) is 29.0 Å². The third-order valence-corrected chi connectivity index (χ3v) is 5.51. The second-order valence-electron chi connectivity index (χ2n) is 7.60. The number of nitrogens with zero attached hydrogens (tertiary/aromatic N) is 1. The quantitative estimate of drug-likeness (QED) is 0.253. The van der Waals surface area contributed by atoms with Gasteiger partial charge in [-0.1, -0.05) is 36.4 Å². The Hall–Kier alpha value is -4.52. The predicted octanol–water partition coefficient (Wildman–Crippen LogP) is 4.27. The molecule has 1 aliphatic heterocycles. The predicted molar refractivity (Wildman–Crippen MR) is 118 cm³/mol. The monoisotopic (exact) mass is 439 g/mol. The fraction of sp³-hybridized carbons (Fsp3) is 0.0769. The Labute approximate surface area is 188 Å². The van der Waals surface area contributed by atoms with E-state index in [0.717, 1.165) is 15.7 Å². The van der Waals surface area contributed by atoms with E-state index in [1.165, 1.54) is 24.5 Å². The zero-order valence-corrected chi connectivity index (χ0v) is 17.3. The van der Waals surface area contributed by atoms with Gasteiger partial charge in [0.05, 0.1) is 29.5 Å². The van der Waals surface area contributed by atoms with E-state index < -0.39 is 24.4 Å². The summed E-state index contributed by atoms with van der Waals surface area (Å²) >= 11 is 0. The number of fused-ring (bicyclic) bond motifs is 2. The summed E-state index contributed by atoms with van der Waals surface area (Å²) in [7, 11) is 0. The van der Waals surface area contributed by atoms with Crippen LogP contribution in [0.1, 0.15) is 47.2 Å². The number of benzene rings is 3. The molecule has 5 rings (SSSR count). The molecule has 33 heavy (non-hydrogen) atoms. The van der Waals surface area contributed by atoms with Gasteiger partial charge in [-0.2, -0.15) is 0 Å². The number of furan rings is 1. The van der Waals surface area contributed by atoms with Gasteiger partial charge in [0.15, 0.2) is 12.4 Å². The molecule has 0 saturated carbocycles. The lowest BCUT2D eigenvalue weighted by molar-refractivity contribution is 0.0474. The van der Waals surface area contributed by atoms with Crippen molar-refractivity contribution < 1.29 is 28.3 Å². The number of imide groups is 1. The lowest BCUT2D eigenvalue weighted by Crippen LogP contribution is -2.28. The van der Waals surface area contributed by atoms with Crippen molar-refractivity contribution in [2.75, 3.05) is 6.61 Å². The Morgan fingerprint density at radius 1 is 0.788 bits per heavy atom. The van der Waals surface area contributed by atoms with Crippen LogP contribution in [0.5, 0.6) is 0 Å². The Bertz CT molecular complexity index is 1420. The smallest absolute Gasteiger partial charge is 0.338 e.